The Morgan fingerprint density at radius 1 is 1.25 bits per heavy atom. The minimum absolute atomic E-state index is 0.0528. The number of ether oxygens (including phenoxy) is 1. The molecular weight excluding hydrogens is 423 g/mol. The number of rotatable bonds is 5. The highest BCUT2D eigenvalue weighted by atomic mass is 19.4. The first-order valence-corrected chi connectivity index (χ1v) is 10.3. The summed E-state index contributed by atoms with van der Waals surface area (Å²) in [5.74, 6) is -0.337. The molecule has 1 aliphatic rings. The van der Waals surface area contributed by atoms with Gasteiger partial charge >= 0.3 is 6.18 Å². The molecule has 32 heavy (non-hydrogen) atoms. The summed E-state index contributed by atoms with van der Waals surface area (Å²) >= 11 is 0. The van der Waals surface area contributed by atoms with Crippen LogP contribution in [0.5, 0.6) is 5.75 Å². The Labute approximate surface area is 184 Å². The molecule has 0 saturated carbocycles. The standard InChI is InChI=1S/C23H26F3N3O3/c1-14-12-29(15(2)11-27)22(31)18-4-3-5-19(21(18)32-13-14)28-20(30)10-16-6-8-17(9-7-16)23(24,25)26/h3-9,14-15H,10-13,27H2,1-2H3,(H,28,30)/t14-,15+/m1/s1. The maximum atomic E-state index is 13.2. The van der Waals surface area contributed by atoms with Crippen molar-refractivity contribution in [1.82, 2.24) is 4.90 Å². The van der Waals surface area contributed by atoms with Gasteiger partial charge in [-0.1, -0.05) is 25.1 Å². The number of benzene rings is 2. The molecule has 3 N–H and O–H groups in total. The molecule has 0 fully saturated rings. The van der Waals surface area contributed by atoms with Crippen molar-refractivity contribution in [3.63, 3.8) is 0 Å². The lowest BCUT2D eigenvalue weighted by Crippen LogP contribution is -2.46. The van der Waals surface area contributed by atoms with Crippen molar-refractivity contribution in [3.05, 3.63) is 59.2 Å². The van der Waals surface area contributed by atoms with Gasteiger partial charge in [-0.2, -0.15) is 13.2 Å². The second-order valence-corrected chi connectivity index (χ2v) is 8.06. The number of nitrogens with zero attached hydrogens (tertiary/aromatic N) is 1. The first kappa shape index (κ1) is 23.6. The molecule has 0 saturated heterocycles. The summed E-state index contributed by atoms with van der Waals surface area (Å²) in [4.78, 5) is 27.4. The van der Waals surface area contributed by atoms with Gasteiger partial charge in [0.25, 0.3) is 5.91 Å². The number of hydrogen-bond donors (Lipinski definition) is 2. The van der Waals surface area contributed by atoms with Gasteiger partial charge in [-0.15, -0.1) is 0 Å². The molecule has 6 nitrogen and oxygen atoms in total. The summed E-state index contributed by atoms with van der Waals surface area (Å²) < 4.78 is 44.1. The van der Waals surface area contributed by atoms with Crippen LogP contribution in [-0.4, -0.2) is 42.5 Å². The lowest BCUT2D eigenvalue weighted by atomic mass is 10.0. The van der Waals surface area contributed by atoms with E-state index < -0.39 is 17.6 Å². The molecule has 1 aliphatic heterocycles. The molecule has 3 rings (SSSR count). The topological polar surface area (TPSA) is 84.7 Å². The average Bonchev–Trinajstić information content (AvgIpc) is 2.74. The van der Waals surface area contributed by atoms with Gasteiger partial charge < -0.3 is 20.7 Å². The normalized spacial score (nSPS) is 17.6. The molecule has 0 bridgehead atoms. The molecule has 2 aromatic rings. The first-order valence-electron chi connectivity index (χ1n) is 10.3. The van der Waals surface area contributed by atoms with E-state index in [1.165, 1.54) is 12.1 Å². The van der Waals surface area contributed by atoms with E-state index in [0.29, 0.717) is 36.5 Å². The fraction of sp³-hybridized carbons (Fsp3) is 0.391. The van der Waals surface area contributed by atoms with Gasteiger partial charge in [0.2, 0.25) is 5.91 Å². The van der Waals surface area contributed by atoms with Crippen molar-refractivity contribution < 1.29 is 27.5 Å². The molecule has 2 atom stereocenters. The molecule has 2 amide bonds. The Kier molecular flexibility index (Phi) is 7.08. The summed E-state index contributed by atoms with van der Waals surface area (Å²) in [7, 11) is 0. The smallest absolute Gasteiger partial charge is 0.416 e. The second-order valence-electron chi connectivity index (χ2n) is 8.06. The Morgan fingerprint density at radius 3 is 2.56 bits per heavy atom. The third kappa shape index (κ3) is 5.40. The Morgan fingerprint density at radius 2 is 1.94 bits per heavy atom. The quantitative estimate of drug-likeness (QED) is 0.729. The minimum Gasteiger partial charge on any atom is -0.490 e. The van der Waals surface area contributed by atoms with Crippen molar-refractivity contribution in [1.29, 1.82) is 0 Å². The SMILES string of the molecule is C[C@H]1COc2c(NC(=O)Cc3ccc(C(F)(F)F)cc3)cccc2C(=O)N([C@@H](C)CN)C1. The van der Waals surface area contributed by atoms with Crippen LogP contribution in [0.4, 0.5) is 18.9 Å². The van der Waals surface area contributed by atoms with Gasteiger partial charge in [-0.25, -0.2) is 0 Å². The summed E-state index contributed by atoms with van der Waals surface area (Å²) in [5.41, 5.74) is 6.10. The van der Waals surface area contributed by atoms with Crippen LogP contribution in [0, 0.1) is 5.92 Å². The van der Waals surface area contributed by atoms with Crippen molar-refractivity contribution in [2.24, 2.45) is 11.7 Å². The summed E-state index contributed by atoms with van der Waals surface area (Å²) in [6, 6.07) is 9.17. The number of nitrogens with one attached hydrogen (secondary N) is 1. The van der Waals surface area contributed by atoms with Gasteiger partial charge in [0.05, 0.1) is 29.8 Å². The second kappa shape index (κ2) is 9.60. The molecule has 0 spiro atoms. The van der Waals surface area contributed by atoms with Crippen LogP contribution in [0.25, 0.3) is 0 Å². The van der Waals surface area contributed by atoms with Crippen LogP contribution in [0.1, 0.15) is 35.3 Å². The predicted octanol–water partition coefficient (Wildman–Crippen LogP) is 3.70. The molecular formula is C23H26F3N3O3. The van der Waals surface area contributed by atoms with Crippen molar-refractivity contribution in [3.8, 4) is 5.75 Å². The number of para-hydroxylation sites is 1. The maximum absolute atomic E-state index is 13.2. The largest absolute Gasteiger partial charge is 0.490 e. The number of carbonyl (C=O) groups is 2. The zero-order valence-corrected chi connectivity index (χ0v) is 17.9. The Bertz CT molecular complexity index is 977. The summed E-state index contributed by atoms with van der Waals surface area (Å²) in [6.07, 6.45) is -4.56. The Balaban J connectivity index is 1.81. The lowest BCUT2D eigenvalue weighted by Gasteiger charge is -2.34. The van der Waals surface area contributed by atoms with E-state index in [0.717, 1.165) is 12.1 Å². The molecule has 172 valence electrons. The average molecular weight is 449 g/mol. The van der Waals surface area contributed by atoms with E-state index >= 15 is 0 Å². The zero-order valence-electron chi connectivity index (χ0n) is 17.9. The van der Waals surface area contributed by atoms with E-state index in [2.05, 4.69) is 5.32 Å². The number of fused-ring (bicyclic) bond motifs is 1. The highest BCUT2D eigenvalue weighted by Crippen LogP contribution is 2.33. The molecule has 1 heterocycles. The highest BCUT2D eigenvalue weighted by Gasteiger charge is 2.31. The van der Waals surface area contributed by atoms with Gasteiger partial charge in [-0.3, -0.25) is 9.59 Å². The van der Waals surface area contributed by atoms with Crippen LogP contribution >= 0.6 is 0 Å². The fourth-order valence-electron chi connectivity index (χ4n) is 3.51. The third-order valence-corrected chi connectivity index (χ3v) is 5.32. The molecule has 9 heteroatoms. The van der Waals surface area contributed by atoms with Gasteiger partial charge in [0.15, 0.2) is 5.75 Å². The molecule has 0 unspecified atom stereocenters. The van der Waals surface area contributed by atoms with Crippen molar-refractivity contribution in [2.75, 3.05) is 25.0 Å². The van der Waals surface area contributed by atoms with Crippen molar-refractivity contribution >= 4 is 17.5 Å². The van der Waals surface area contributed by atoms with Crippen molar-refractivity contribution in [2.45, 2.75) is 32.5 Å². The summed E-state index contributed by atoms with van der Waals surface area (Å²) in [5, 5.41) is 2.72. The predicted molar refractivity (Wildman–Crippen MR) is 114 cm³/mol. The molecule has 0 aliphatic carbocycles. The number of anilines is 1. The van der Waals surface area contributed by atoms with Crippen LogP contribution in [-0.2, 0) is 17.4 Å². The highest BCUT2D eigenvalue weighted by molar-refractivity contribution is 6.01. The number of nitrogens with two attached hydrogens (primary N) is 1. The maximum Gasteiger partial charge on any atom is 0.416 e. The number of amides is 2. The van der Waals surface area contributed by atoms with Crippen LogP contribution in [0.3, 0.4) is 0 Å². The van der Waals surface area contributed by atoms with Crippen LogP contribution in [0.15, 0.2) is 42.5 Å². The first-order chi connectivity index (χ1) is 15.1. The summed E-state index contributed by atoms with van der Waals surface area (Å²) in [6.45, 7) is 5.00. The van der Waals surface area contributed by atoms with E-state index in [-0.39, 0.29) is 30.0 Å². The number of halogens is 3. The monoisotopic (exact) mass is 449 g/mol. The number of alkyl halides is 3. The van der Waals surface area contributed by atoms with E-state index in [4.69, 9.17) is 10.5 Å². The Hall–Kier alpha value is -3.07. The third-order valence-electron chi connectivity index (χ3n) is 5.32. The van der Waals surface area contributed by atoms with E-state index in [1.54, 1.807) is 23.1 Å². The van der Waals surface area contributed by atoms with Crippen LogP contribution < -0.4 is 15.8 Å². The molecule has 2 aromatic carbocycles. The molecule has 0 radical (unpaired) electrons. The lowest BCUT2D eigenvalue weighted by molar-refractivity contribution is -0.137. The van der Waals surface area contributed by atoms with Gasteiger partial charge in [0, 0.05) is 25.0 Å². The van der Waals surface area contributed by atoms with Gasteiger partial charge in [0.1, 0.15) is 0 Å². The van der Waals surface area contributed by atoms with E-state index in [9.17, 15) is 22.8 Å². The van der Waals surface area contributed by atoms with Gasteiger partial charge in [-0.05, 0) is 36.8 Å². The van der Waals surface area contributed by atoms with Crippen LogP contribution in [0.2, 0.25) is 0 Å². The zero-order chi connectivity index (χ0) is 23.5. The fourth-order valence-corrected chi connectivity index (χ4v) is 3.51. The minimum atomic E-state index is -4.43. The number of hydrogen-bond acceptors (Lipinski definition) is 4. The van der Waals surface area contributed by atoms with E-state index in [1.807, 2.05) is 13.8 Å². The number of carbonyl (C=O) groups excluding carboxylic acids is 2. The molecule has 0 aromatic heterocycles.